The quantitative estimate of drug-likeness (QED) is 0.664. The van der Waals surface area contributed by atoms with E-state index in [0.717, 1.165) is 30.3 Å². The molecule has 0 saturated heterocycles. The van der Waals surface area contributed by atoms with Gasteiger partial charge in [0.05, 0.1) is 5.56 Å². The molecule has 0 bridgehead atoms. The smallest absolute Gasteiger partial charge is 0.416 e. The molecule has 0 radical (unpaired) electrons. The van der Waals surface area contributed by atoms with Gasteiger partial charge in [-0.25, -0.2) is 9.18 Å². The van der Waals surface area contributed by atoms with E-state index in [1.165, 1.54) is 24.3 Å². The Morgan fingerprint density at radius 1 is 1.09 bits per heavy atom. The van der Waals surface area contributed by atoms with Crippen molar-refractivity contribution >= 4 is 12.0 Å². The molecule has 1 N–H and O–H groups in total. The van der Waals surface area contributed by atoms with Crippen molar-refractivity contribution in [3.63, 3.8) is 0 Å². The third kappa shape index (κ3) is 3.72. The van der Waals surface area contributed by atoms with Crippen LogP contribution in [0.3, 0.4) is 0 Å². The van der Waals surface area contributed by atoms with Crippen molar-refractivity contribution in [1.29, 1.82) is 0 Å². The fourth-order valence-corrected chi connectivity index (χ4v) is 1.95. The van der Waals surface area contributed by atoms with Crippen LogP contribution in [-0.2, 0) is 11.0 Å². The number of carboxylic acids is 1. The minimum atomic E-state index is -4.54. The second-order valence-corrected chi connectivity index (χ2v) is 4.48. The van der Waals surface area contributed by atoms with Crippen LogP contribution in [0.2, 0.25) is 0 Å². The zero-order chi connectivity index (χ0) is 16.3. The van der Waals surface area contributed by atoms with Crippen LogP contribution < -0.4 is 0 Å². The monoisotopic (exact) mass is 310 g/mol. The maximum Gasteiger partial charge on any atom is 0.416 e. The molecule has 2 rings (SSSR count). The third-order valence-corrected chi connectivity index (χ3v) is 2.92. The van der Waals surface area contributed by atoms with Gasteiger partial charge in [0.2, 0.25) is 0 Å². The van der Waals surface area contributed by atoms with Gasteiger partial charge in [-0.2, -0.15) is 13.2 Å². The summed E-state index contributed by atoms with van der Waals surface area (Å²) in [5.74, 6) is -1.83. The van der Waals surface area contributed by atoms with E-state index in [1.54, 1.807) is 0 Å². The van der Waals surface area contributed by atoms with E-state index < -0.39 is 23.5 Å². The average Bonchev–Trinajstić information content (AvgIpc) is 2.44. The van der Waals surface area contributed by atoms with Crippen LogP contribution in [0, 0.1) is 5.82 Å². The van der Waals surface area contributed by atoms with Crippen molar-refractivity contribution in [2.24, 2.45) is 0 Å². The van der Waals surface area contributed by atoms with Gasteiger partial charge in [-0.1, -0.05) is 18.2 Å². The summed E-state index contributed by atoms with van der Waals surface area (Å²) < 4.78 is 51.8. The van der Waals surface area contributed by atoms with E-state index >= 15 is 0 Å². The lowest BCUT2D eigenvalue weighted by Gasteiger charge is -2.12. The van der Waals surface area contributed by atoms with Gasteiger partial charge in [0, 0.05) is 6.08 Å². The molecular formula is C16H10F4O2. The molecule has 0 aliphatic rings. The minimum Gasteiger partial charge on any atom is -0.478 e. The number of rotatable bonds is 3. The van der Waals surface area contributed by atoms with Crippen LogP contribution in [0.25, 0.3) is 17.2 Å². The van der Waals surface area contributed by atoms with Crippen LogP contribution in [-0.4, -0.2) is 11.1 Å². The SMILES string of the molecule is O=C(O)C=Cc1ccc(C(F)(F)F)cc1-c1cccc(F)c1. The zero-order valence-electron chi connectivity index (χ0n) is 11.1. The normalized spacial score (nSPS) is 11.8. The van der Waals surface area contributed by atoms with Crippen LogP contribution in [0.1, 0.15) is 11.1 Å². The van der Waals surface area contributed by atoms with Crippen LogP contribution in [0.4, 0.5) is 17.6 Å². The van der Waals surface area contributed by atoms with E-state index in [0.29, 0.717) is 0 Å². The van der Waals surface area contributed by atoms with Gasteiger partial charge < -0.3 is 5.11 Å². The molecule has 2 nitrogen and oxygen atoms in total. The molecule has 0 aromatic heterocycles. The number of benzene rings is 2. The summed E-state index contributed by atoms with van der Waals surface area (Å²) in [5.41, 5.74) is -0.303. The largest absolute Gasteiger partial charge is 0.478 e. The summed E-state index contributed by atoms with van der Waals surface area (Å²) >= 11 is 0. The molecule has 0 fully saturated rings. The Hall–Kier alpha value is -2.63. The first kappa shape index (κ1) is 15.8. The van der Waals surface area contributed by atoms with Crippen LogP contribution >= 0.6 is 0 Å². The number of hydrogen-bond acceptors (Lipinski definition) is 1. The summed E-state index contributed by atoms with van der Waals surface area (Å²) in [7, 11) is 0. The first-order valence-corrected chi connectivity index (χ1v) is 6.15. The van der Waals surface area contributed by atoms with Crippen molar-refractivity contribution < 1.29 is 27.5 Å². The molecule has 0 aliphatic carbocycles. The van der Waals surface area contributed by atoms with E-state index in [1.807, 2.05) is 0 Å². The fourth-order valence-electron chi connectivity index (χ4n) is 1.95. The lowest BCUT2D eigenvalue weighted by Crippen LogP contribution is -2.05. The molecule has 22 heavy (non-hydrogen) atoms. The number of carbonyl (C=O) groups is 1. The second-order valence-electron chi connectivity index (χ2n) is 4.48. The standard InChI is InChI=1S/C16H10F4O2/c17-13-3-1-2-11(8-13)14-9-12(16(18,19)20)6-4-10(14)5-7-15(21)22/h1-9H,(H,21,22). The molecule has 2 aromatic carbocycles. The van der Waals surface area contributed by atoms with E-state index in [9.17, 15) is 22.4 Å². The molecule has 0 amide bonds. The summed E-state index contributed by atoms with van der Waals surface area (Å²) in [4.78, 5) is 10.6. The van der Waals surface area contributed by atoms with E-state index in [-0.39, 0.29) is 16.7 Å². The van der Waals surface area contributed by atoms with Gasteiger partial charge in [-0.3, -0.25) is 0 Å². The molecule has 114 valence electrons. The number of alkyl halides is 3. The van der Waals surface area contributed by atoms with Gasteiger partial charge in [-0.15, -0.1) is 0 Å². The Morgan fingerprint density at radius 3 is 2.41 bits per heavy atom. The van der Waals surface area contributed by atoms with Gasteiger partial charge in [0.15, 0.2) is 0 Å². The molecular weight excluding hydrogens is 300 g/mol. The Bertz CT molecular complexity index is 733. The van der Waals surface area contributed by atoms with Crippen molar-refractivity contribution in [2.45, 2.75) is 6.18 Å². The van der Waals surface area contributed by atoms with E-state index in [4.69, 9.17) is 5.11 Å². The van der Waals surface area contributed by atoms with Gasteiger partial charge in [-0.05, 0) is 47.0 Å². The Morgan fingerprint density at radius 2 is 1.82 bits per heavy atom. The van der Waals surface area contributed by atoms with Crippen molar-refractivity contribution in [1.82, 2.24) is 0 Å². The van der Waals surface area contributed by atoms with E-state index in [2.05, 4.69) is 0 Å². The maximum atomic E-state index is 13.3. The number of carboxylic acid groups (broad SMARTS) is 1. The highest BCUT2D eigenvalue weighted by atomic mass is 19.4. The molecule has 6 heteroatoms. The lowest BCUT2D eigenvalue weighted by molar-refractivity contribution is -0.137. The zero-order valence-corrected chi connectivity index (χ0v) is 11.1. The van der Waals surface area contributed by atoms with Gasteiger partial charge in [0.1, 0.15) is 5.82 Å². The number of aliphatic carboxylic acids is 1. The molecule has 0 spiro atoms. The second kappa shape index (κ2) is 6.01. The highest BCUT2D eigenvalue weighted by molar-refractivity contribution is 5.88. The fraction of sp³-hybridized carbons (Fsp3) is 0.0625. The third-order valence-electron chi connectivity index (χ3n) is 2.92. The summed E-state index contributed by atoms with van der Waals surface area (Å²) in [5, 5.41) is 8.64. The molecule has 2 aromatic rings. The average molecular weight is 310 g/mol. The first-order chi connectivity index (χ1) is 10.3. The summed E-state index contributed by atoms with van der Waals surface area (Å²) in [6.45, 7) is 0. The summed E-state index contributed by atoms with van der Waals surface area (Å²) in [6.07, 6.45) is -2.56. The predicted octanol–water partition coefficient (Wildman–Crippen LogP) is 4.61. The number of hydrogen-bond donors (Lipinski definition) is 1. The Kier molecular flexibility index (Phi) is 4.30. The van der Waals surface area contributed by atoms with Gasteiger partial charge >= 0.3 is 12.1 Å². The van der Waals surface area contributed by atoms with Crippen molar-refractivity contribution in [3.8, 4) is 11.1 Å². The van der Waals surface area contributed by atoms with Gasteiger partial charge in [0.25, 0.3) is 0 Å². The molecule has 0 saturated carbocycles. The molecule has 0 atom stereocenters. The van der Waals surface area contributed by atoms with Crippen molar-refractivity contribution in [3.05, 3.63) is 65.5 Å². The molecule has 0 aliphatic heterocycles. The molecule has 0 heterocycles. The van der Waals surface area contributed by atoms with Crippen LogP contribution in [0.15, 0.2) is 48.5 Å². The Labute approximate surface area is 123 Å². The van der Waals surface area contributed by atoms with Crippen molar-refractivity contribution in [2.75, 3.05) is 0 Å². The summed E-state index contributed by atoms with van der Waals surface area (Å²) in [6, 6.07) is 7.97. The predicted molar refractivity (Wildman–Crippen MR) is 73.5 cm³/mol. The lowest BCUT2D eigenvalue weighted by atomic mass is 9.96. The first-order valence-electron chi connectivity index (χ1n) is 6.15. The maximum absolute atomic E-state index is 13.3. The topological polar surface area (TPSA) is 37.3 Å². The highest BCUT2D eigenvalue weighted by Gasteiger charge is 2.31. The molecule has 0 unspecified atom stereocenters. The number of halogens is 4. The highest BCUT2D eigenvalue weighted by Crippen LogP contribution is 2.34. The Balaban J connectivity index is 2.62. The minimum absolute atomic E-state index is 0.104. The van der Waals surface area contributed by atoms with Crippen LogP contribution in [0.5, 0.6) is 0 Å².